The number of ketones is 1. The molecule has 8 rings (SSSR count). The average Bonchev–Trinajstić information content (AvgIpc) is 3.21. The predicted octanol–water partition coefficient (Wildman–Crippen LogP) is 2.85. The van der Waals surface area contributed by atoms with Crippen LogP contribution in [0.4, 0.5) is 0 Å². The summed E-state index contributed by atoms with van der Waals surface area (Å²) in [6.07, 6.45) is 4.60. The lowest BCUT2D eigenvalue weighted by Crippen LogP contribution is -2.46. The molecule has 0 amide bonds. The summed E-state index contributed by atoms with van der Waals surface area (Å²) in [6, 6.07) is 18.6. The molecule has 3 aliphatic carbocycles. The minimum absolute atomic E-state index is 0.0326. The third-order valence-corrected chi connectivity index (χ3v) is 8.59. The number of allylic oxidation sites excluding steroid dienone is 2. The van der Waals surface area contributed by atoms with Gasteiger partial charge in [0.25, 0.3) is 0 Å². The highest BCUT2D eigenvalue weighted by Gasteiger charge is 2.89. The van der Waals surface area contributed by atoms with Crippen LogP contribution in [-0.2, 0) is 4.79 Å². The van der Waals surface area contributed by atoms with Crippen LogP contribution in [0, 0.1) is 16.7 Å². The minimum atomic E-state index is -0.519. The van der Waals surface area contributed by atoms with Crippen molar-refractivity contribution in [3.63, 3.8) is 0 Å². The summed E-state index contributed by atoms with van der Waals surface area (Å²) in [7, 11) is 0. The summed E-state index contributed by atoms with van der Waals surface area (Å²) in [5.41, 5.74) is 0.181. The number of benzene rings is 2. The first-order valence-corrected chi connectivity index (χ1v) is 10.8. The van der Waals surface area contributed by atoms with Crippen LogP contribution >= 0.6 is 0 Å². The molecule has 6 nitrogen and oxygen atoms in total. The van der Waals surface area contributed by atoms with Gasteiger partial charge < -0.3 is 0 Å². The second-order valence-corrected chi connectivity index (χ2v) is 9.45. The Kier molecular flexibility index (Phi) is 2.93. The third kappa shape index (κ3) is 1.65. The monoisotopic (exact) mass is 411 g/mol. The van der Waals surface area contributed by atoms with Crippen LogP contribution in [-0.4, -0.2) is 19.7 Å². The maximum absolute atomic E-state index is 13.6. The Labute approximate surface area is 178 Å². The van der Waals surface area contributed by atoms with E-state index >= 15 is 0 Å². The zero-order chi connectivity index (χ0) is 21.1. The summed E-state index contributed by atoms with van der Waals surface area (Å²) in [4.78, 5) is 40.3. The number of aromatic nitrogens is 3. The Bertz CT molecular complexity index is 1410. The van der Waals surface area contributed by atoms with Gasteiger partial charge >= 0.3 is 11.4 Å². The third-order valence-electron chi connectivity index (χ3n) is 8.59. The number of hydrogen-bond acceptors (Lipinski definition) is 3. The lowest BCUT2D eigenvalue weighted by atomic mass is 9.72. The molecule has 6 heteroatoms. The van der Waals surface area contributed by atoms with Crippen LogP contribution in [0.2, 0.25) is 0 Å². The number of rotatable bonds is 2. The summed E-state index contributed by atoms with van der Waals surface area (Å²) in [5.74, 6) is 0.335. The van der Waals surface area contributed by atoms with Crippen molar-refractivity contribution in [1.29, 1.82) is 0 Å². The maximum Gasteiger partial charge on any atom is 0.352 e. The number of nitrogens with zero attached hydrogens (tertiary/aromatic N) is 3. The topological polar surface area (TPSA) is 66.0 Å². The fourth-order valence-corrected chi connectivity index (χ4v) is 7.46. The van der Waals surface area contributed by atoms with E-state index in [0.29, 0.717) is 12.1 Å². The van der Waals surface area contributed by atoms with Gasteiger partial charge in [-0.25, -0.2) is 23.5 Å². The molecule has 2 saturated carbocycles. The Morgan fingerprint density at radius 3 is 2.19 bits per heavy atom. The Hall–Kier alpha value is -3.41. The van der Waals surface area contributed by atoms with E-state index in [1.807, 2.05) is 42.5 Å². The molecule has 2 aliphatic heterocycles. The number of carbonyl (C=O) groups is 1. The fourth-order valence-electron chi connectivity index (χ4n) is 7.46. The molecule has 6 atom stereocenters. The SMILES string of the molecule is C[C@]12C(=O)C[C@@H](c3ccccc3)C13C1C=CC([C@@H]32)n2c(=O)n(-c3ccccc3)c(=O)n21. The Balaban J connectivity index is 1.49. The van der Waals surface area contributed by atoms with E-state index in [0.717, 1.165) is 5.56 Å². The van der Waals surface area contributed by atoms with Crippen molar-refractivity contribution >= 4 is 5.78 Å². The van der Waals surface area contributed by atoms with Crippen LogP contribution in [0.3, 0.4) is 0 Å². The normalized spacial score (nSPS) is 36.2. The second-order valence-electron chi connectivity index (χ2n) is 9.45. The lowest BCUT2D eigenvalue weighted by Gasteiger charge is -2.42. The van der Waals surface area contributed by atoms with Crippen LogP contribution in [0.25, 0.3) is 5.69 Å². The highest BCUT2D eigenvalue weighted by atomic mass is 16.2. The summed E-state index contributed by atoms with van der Waals surface area (Å²) < 4.78 is 4.51. The highest BCUT2D eigenvalue weighted by Crippen LogP contribution is 2.88. The van der Waals surface area contributed by atoms with Crippen molar-refractivity contribution in [3.05, 3.63) is 99.3 Å². The van der Waals surface area contributed by atoms with Gasteiger partial charge in [0.15, 0.2) is 0 Å². The van der Waals surface area contributed by atoms with Crippen molar-refractivity contribution in [2.45, 2.75) is 31.3 Å². The molecule has 154 valence electrons. The first kappa shape index (κ1) is 17.3. The van der Waals surface area contributed by atoms with Crippen molar-refractivity contribution in [2.75, 3.05) is 0 Å². The van der Waals surface area contributed by atoms with Gasteiger partial charge in [-0.05, 0) is 17.7 Å². The van der Waals surface area contributed by atoms with E-state index in [2.05, 4.69) is 25.1 Å². The van der Waals surface area contributed by atoms with Gasteiger partial charge in [0.1, 0.15) is 5.78 Å². The molecule has 3 unspecified atom stereocenters. The first-order chi connectivity index (χ1) is 15.0. The molecule has 3 heterocycles. The number of para-hydroxylation sites is 1. The molecule has 0 N–H and O–H groups in total. The molecule has 5 aliphatic rings. The van der Waals surface area contributed by atoms with Crippen LogP contribution < -0.4 is 11.4 Å². The summed E-state index contributed by atoms with van der Waals surface area (Å²) >= 11 is 0. The van der Waals surface area contributed by atoms with E-state index in [-0.39, 0.29) is 46.5 Å². The van der Waals surface area contributed by atoms with Crippen LogP contribution in [0.15, 0.2) is 82.4 Å². The molecule has 0 radical (unpaired) electrons. The van der Waals surface area contributed by atoms with Gasteiger partial charge in [-0.3, -0.25) is 4.79 Å². The molecular weight excluding hydrogens is 390 g/mol. The molecule has 1 aromatic heterocycles. The average molecular weight is 411 g/mol. The number of hydrogen-bond donors (Lipinski definition) is 0. The molecule has 2 aromatic carbocycles. The molecule has 2 fully saturated rings. The van der Waals surface area contributed by atoms with E-state index in [1.165, 1.54) is 4.57 Å². The first-order valence-electron chi connectivity index (χ1n) is 10.8. The standard InChI is InChI=1S/C25H21N3O3/c1-24-20(29)14-17(15-8-4-2-5-9-15)25(24)19-13-12-18(21(24)25)27-22(30)26(23(31)28(19)27)16-10-6-3-7-11-16/h2-13,17-19,21H,14H2,1H3/t17-,18?,19?,21+,24+,25?/m0/s1. The van der Waals surface area contributed by atoms with Crippen molar-refractivity contribution < 1.29 is 4.79 Å². The van der Waals surface area contributed by atoms with Gasteiger partial charge in [-0.2, -0.15) is 0 Å². The van der Waals surface area contributed by atoms with Crippen molar-refractivity contribution in [3.8, 4) is 5.69 Å². The van der Waals surface area contributed by atoms with Gasteiger partial charge in [0.05, 0.1) is 17.8 Å². The van der Waals surface area contributed by atoms with Gasteiger partial charge in [0, 0.05) is 29.1 Å². The summed E-state index contributed by atoms with van der Waals surface area (Å²) in [5, 5.41) is 0. The highest BCUT2D eigenvalue weighted by molar-refractivity contribution is 5.95. The van der Waals surface area contributed by atoms with Crippen LogP contribution in [0.5, 0.6) is 0 Å². The van der Waals surface area contributed by atoms with Crippen LogP contribution in [0.1, 0.15) is 36.9 Å². The zero-order valence-electron chi connectivity index (χ0n) is 17.0. The molecule has 2 bridgehead atoms. The van der Waals surface area contributed by atoms with Gasteiger partial charge in [-0.15, -0.1) is 0 Å². The quantitative estimate of drug-likeness (QED) is 0.609. The fraction of sp³-hybridized carbons (Fsp3) is 0.320. The van der Waals surface area contributed by atoms with E-state index in [4.69, 9.17) is 0 Å². The van der Waals surface area contributed by atoms with Gasteiger partial charge in [0.2, 0.25) is 0 Å². The summed E-state index contributed by atoms with van der Waals surface area (Å²) in [6.45, 7) is 2.06. The molecular formula is C25H21N3O3. The van der Waals surface area contributed by atoms with E-state index in [1.54, 1.807) is 21.5 Å². The predicted molar refractivity (Wildman–Crippen MR) is 114 cm³/mol. The largest absolute Gasteiger partial charge is 0.352 e. The van der Waals surface area contributed by atoms with Gasteiger partial charge in [-0.1, -0.05) is 67.6 Å². The van der Waals surface area contributed by atoms with E-state index < -0.39 is 5.41 Å². The Morgan fingerprint density at radius 2 is 1.48 bits per heavy atom. The Morgan fingerprint density at radius 1 is 0.839 bits per heavy atom. The minimum Gasteiger partial charge on any atom is -0.299 e. The number of Topliss-reactive ketones (excluding diaryl/α,β-unsaturated/α-hetero) is 1. The maximum atomic E-state index is 13.6. The smallest absolute Gasteiger partial charge is 0.299 e. The molecule has 1 spiro atoms. The van der Waals surface area contributed by atoms with Crippen molar-refractivity contribution in [2.24, 2.45) is 16.7 Å². The molecule has 3 aromatic rings. The lowest BCUT2D eigenvalue weighted by molar-refractivity contribution is -0.123. The second kappa shape index (κ2) is 5.25. The van der Waals surface area contributed by atoms with E-state index in [9.17, 15) is 14.4 Å². The van der Waals surface area contributed by atoms with Crippen molar-refractivity contribution in [1.82, 2.24) is 13.9 Å². The zero-order valence-corrected chi connectivity index (χ0v) is 17.0. The number of carbonyl (C=O) groups excluding carboxylic acids is 1. The molecule has 31 heavy (non-hydrogen) atoms. The molecule has 0 saturated heterocycles.